The number of aromatic nitrogens is 1. The van der Waals surface area contributed by atoms with Gasteiger partial charge in [-0.05, 0) is 42.9 Å². The summed E-state index contributed by atoms with van der Waals surface area (Å²) in [6, 6.07) is 7.62. The van der Waals surface area contributed by atoms with Crippen LogP contribution < -0.4 is 0 Å². The number of hydrogen-bond acceptors (Lipinski definition) is 2. The zero-order valence-electron chi connectivity index (χ0n) is 8.77. The molecule has 0 unspecified atom stereocenters. The van der Waals surface area contributed by atoms with E-state index in [1.807, 2.05) is 6.07 Å². The number of benzene rings is 1. The average molecular weight is 221 g/mol. The highest BCUT2D eigenvalue weighted by Gasteiger charge is 2.05. The molecule has 3 heteroatoms. The van der Waals surface area contributed by atoms with Crippen molar-refractivity contribution in [2.75, 3.05) is 5.75 Å². The van der Waals surface area contributed by atoms with Crippen molar-refractivity contribution < 1.29 is 5.11 Å². The first-order chi connectivity index (χ1) is 7.22. The predicted octanol–water partition coefficient (Wildman–Crippen LogP) is 2.75. The van der Waals surface area contributed by atoms with Crippen molar-refractivity contribution >= 4 is 23.5 Å². The molecule has 0 aliphatic heterocycles. The Hall–Kier alpha value is -1.09. The quantitative estimate of drug-likeness (QED) is 0.765. The number of nitrogens with zero attached hydrogens (tertiary/aromatic N) is 1. The maximum Gasteiger partial charge on any atom is 0.116 e. The number of thiol groups is 1. The molecule has 2 nitrogen and oxygen atoms in total. The predicted molar refractivity (Wildman–Crippen MR) is 66.8 cm³/mol. The molecule has 0 atom stereocenters. The summed E-state index contributed by atoms with van der Waals surface area (Å²) in [6.07, 6.45) is 2.12. The molecule has 0 spiro atoms. The van der Waals surface area contributed by atoms with Crippen molar-refractivity contribution in [3.8, 4) is 5.75 Å². The first-order valence-electron chi connectivity index (χ1n) is 5.10. The van der Waals surface area contributed by atoms with Crippen LogP contribution in [0.5, 0.6) is 5.75 Å². The van der Waals surface area contributed by atoms with Gasteiger partial charge in [-0.2, -0.15) is 12.6 Å². The second-order valence-corrected chi connectivity index (χ2v) is 4.21. The van der Waals surface area contributed by atoms with Gasteiger partial charge in [-0.1, -0.05) is 0 Å². The molecular formula is C12H15NOS. The fourth-order valence-electron chi connectivity index (χ4n) is 1.89. The molecule has 1 aromatic heterocycles. The number of rotatable bonds is 3. The van der Waals surface area contributed by atoms with Gasteiger partial charge in [-0.25, -0.2) is 0 Å². The Kier molecular flexibility index (Phi) is 2.91. The second kappa shape index (κ2) is 4.19. The highest BCUT2D eigenvalue weighted by Crippen LogP contribution is 2.23. The van der Waals surface area contributed by atoms with E-state index in [1.54, 1.807) is 12.1 Å². The average Bonchev–Trinajstić information content (AvgIpc) is 2.52. The fourth-order valence-corrected chi connectivity index (χ4v) is 2.05. The lowest BCUT2D eigenvalue weighted by atomic mass is 10.2. The summed E-state index contributed by atoms with van der Waals surface area (Å²) < 4.78 is 2.18. The van der Waals surface area contributed by atoms with Crippen LogP contribution in [-0.2, 0) is 13.5 Å². The zero-order valence-corrected chi connectivity index (χ0v) is 9.67. The first-order valence-corrected chi connectivity index (χ1v) is 5.74. The van der Waals surface area contributed by atoms with E-state index in [2.05, 4.69) is 30.3 Å². The number of fused-ring (bicyclic) bond motifs is 1. The molecule has 2 aromatic rings. The first kappa shape index (κ1) is 10.4. The van der Waals surface area contributed by atoms with Gasteiger partial charge in [0, 0.05) is 23.6 Å². The minimum absolute atomic E-state index is 0.328. The molecule has 80 valence electrons. The molecule has 0 amide bonds. The summed E-state index contributed by atoms with van der Waals surface area (Å²) in [4.78, 5) is 0. The SMILES string of the molecule is Cn1c(CCCS)cc2cc(O)ccc21. The molecule has 15 heavy (non-hydrogen) atoms. The van der Waals surface area contributed by atoms with E-state index in [0.29, 0.717) is 5.75 Å². The van der Waals surface area contributed by atoms with Crippen LogP contribution in [0.1, 0.15) is 12.1 Å². The lowest BCUT2D eigenvalue weighted by molar-refractivity contribution is 0.476. The third kappa shape index (κ3) is 1.97. The lowest BCUT2D eigenvalue weighted by Crippen LogP contribution is -1.96. The minimum atomic E-state index is 0.328. The summed E-state index contributed by atoms with van der Waals surface area (Å²) in [7, 11) is 2.06. The lowest BCUT2D eigenvalue weighted by Gasteiger charge is -2.02. The Morgan fingerprint density at radius 2 is 2.13 bits per heavy atom. The molecule has 0 aliphatic carbocycles. The summed E-state index contributed by atoms with van der Waals surface area (Å²) >= 11 is 4.22. The van der Waals surface area contributed by atoms with Gasteiger partial charge in [-0.15, -0.1) is 0 Å². The molecule has 0 radical (unpaired) electrons. The Bertz CT molecular complexity index is 476. The highest BCUT2D eigenvalue weighted by molar-refractivity contribution is 7.80. The van der Waals surface area contributed by atoms with Gasteiger partial charge < -0.3 is 9.67 Å². The van der Waals surface area contributed by atoms with E-state index in [1.165, 1.54) is 11.2 Å². The number of hydrogen-bond donors (Lipinski definition) is 2. The third-order valence-electron chi connectivity index (χ3n) is 2.72. The van der Waals surface area contributed by atoms with E-state index in [9.17, 15) is 5.11 Å². The van der Waals surface area contributed by atoms with Crippen LogP contribution >= 0.6 is 12.6 Å². The van der Waals surface area contributed by atoms with Gasteiger partial charge in [0.1, 0.15) is 5.75 Å². The van der Waals surface area contributed by atoms with Crippen molar-refractivity contribution in [1.82, 2.24) is 4.57 Å². The van der Waals surface area contributed by atoms with Crippen molar-refractivity contribution in [3.63, 3.8) is 0 Å². The molecule has 2 rings (SSSR count). The van der Waals surface area contributed by atoms with Gasteiger partial charge in [-0.3, -0.25) is 0 Å². The largest absolute Gasteiger partial charge is 0.508 e. The number of aryl methyl sites for hydroxylation is 2. The molecule has 1 heterocycles. The van der Waals surface area contributed by atoms with Crippen LogP contribution in [0.4, 0.5) is 0 Å². The van der Waals surface area contributed by atoms with E-state index in [4.69, 9.17) is 0 Å². The molecule has 1 aromatic carbocycles. The van der Waals surface area contributed by atoms with Crippen molar-refractivity contribution in [1.29, 1.82) is 0 Å². The van der Waals surface area contributed by atoms with Gasteiger partial charge in [0.25, 0.3) is 0 Å². The highest BCUT2D eigenvalue weighted by atomic mass is 32.1. The molecule has 0 bridgehead atoms. The van der Waals surface area contributed by atoms with Crippen LogP contribution in [0.2, 0.25) is 0 Å². The van der Waals surface area contributed by atoms with Crippen LogP contribution in [0.15, 0.2) is 24.3 Å². The van der Waals surface area contributed by atoms with Gasteiger partial charge in [0.15, 0.2) is 0 Å². The molecule has 1 N–H and O–H groups in total. The Labute approximate surface area is 94.9 Å². The van der Waals surface area contributed by atoms with Crippen LogP contribution in [0, 0.1) is 0 Å². The topological polar surface area (TPSA) is 25.2 Å². The van der Waals surface area contributed by atoms with Gasteiger partial charge >= 0.3 is 0 Å². The summed E-state index contributed by atoms with van der Waals surface area (Å²) in [5.41, 5.74) is 2.46. The molecule has 0 aliphatic rings. The minimum Gasteiger partial charge on any atom is -0.508 e. The Morgan fingerprint density at radius 3 is 2.87 bits per heavy atom. The monoisotopic (exact) mass is 221 g/mol. The third-order valence-corrected chi connectivity index (χ3v) is 3.03. The fraction of sp³-hybridized carbons (Fsp3) is 0.333. The molecular weight excluding hydrogens is 206 g/mol. The van der Waals surface area contributed by atoms with E-state index >= 15 is 0 Å². The smallest absolute Gasteiger partial charge is 0.116 e. The number of phenols is 1. The van der Waals surface area contributed by atoms with E-state index in [-0.39, 0.29) is 0 Å². The maximum atomic E-state index is 9.38. The zero-order chi connectivity index (χ0) is 10.8. The molecule has 0 fully saturated rings. The Balaban J connectivity index is 2.44. The van der Waals surface area contributed by atoms with E-state index in [0.717, 1.165) is 24.0 Å². The van der Waals surface area contributed by atoms with Crippen molar-refractivity contribution in [3.05, 3.63) is 30.0 Å². The standard InChI is InChI=1S/C12H15NOS/c1-13-10(3-2-6-15)7-9-8-11(14)4-5-12(9)13/h4-5,7-8,14-15H,2-3,6H2,1H3. The normalized spacial score (nSPS) is 11.1. The molecule has 0 saturated carbocycles. The summed E-state index contributed by atoms with van der Waals surface area (Å²) in [5, 5.41) is 10.5. The molecule has 0 saturated heterocycles. The Morgan fingerprint density at radius 1 is 1.33 bits per heavy atom. The summed E-state index contributed by atoms with van der Waals surface area (Å²) in [5.74, 6) is 1.24. The van der Waals surface area contributed by atoms with E-state index < -0.39 is 0 Å². The van der Waals surface area contributed by atoms with Gasteiger partial charge in [0.2, 0.25) is 0 Å². The van der Waals surface area contributed by atoms with Crippen LogP contribution in [0.3, 0.4) is 0 Å². The number of aromatic hydroxyl groups is 1. The van der Waals surface area contributed by atoms with Gasteiger partial charge in [0.05, 0.1) is 0 Å². The van der Waals surface area contributed by atoms with Crippen molar-refractivity contribution in [2.24, 2.45) is 7.05 Å². The number of phenolic OH excluding ortho intramolecular Hbond substituents is 1. The second-order valence-electron chi connectivity index (χ2n) is 3.76. The van der Waals surface area contributed by atoms with Crippen LogP contribution in [0.25, 0.3) is 10.9 Å². The van der Waals surface area contributed by atoms with Crippen LogP contribution in [-0.4, -0.2) is 15.4 Å². The maximum absolute atomic E-state index is 9.38. The summed E-state index contributed by atoms with van der Waals surface area (Å²) in [6.45, 7) is 0. The van der Waals surface area contributed by atoms with Crippen molar-refractivity contribution in [2.45, 2.75) is 12.8 Å².